The summed E-state index contributed by atoms with van der Waals surface area (Å²) in [7, 11) is 0. The molecule has 2 aliphatic rings. The van der Waals surface area contributed by atoms with Gasteiger partial charge in [-0.15, -0.1) is 0 Å². The van der Waals surface area contributed by atoms with Gasteiger partial charge in [-0.05, 0) is 63.9 Å². The molecule has 0 aliphatic carbocycles. The Labute approximate surface area is 147 Å². The molecule has 126 valence electrons. The first-order valence-electron chi connectivity index (χ1n) is 8.75. The summed E-state index contributed by atoms with van der Waals surface area (Å²) < 4.78 is 0. The normalized spacial score (nSPS) is 22.2. The van der Waals surface area contributed by atoms with E-state index in [-0.39, 0.29) is 0 Å². The van der Waals surface area contributed by atoms with Gasteiger partial charge in [0.2, 0.25) is 0 Å². The highest BCUT2D eigenvalue weighted by Crippen LogP contribution is 2.37. The molecule has 0 saturated carbocycles. The van der Waals surface area contributed by atoms with E-state index in [2.05, 4.69) is 40.1 Å². The van der Waals surface area contributed by atoms with Crippen molar-refractivity contribution in [3.63, 3.8) is 0 Å². The van der Waals surface area contributed by atoms with Gasteiger partial charge < -0.3 is 10.2 Å². The molecule has 0 spiro atoms. The molecule has 4 nitrogen and oxygen atoms in total. The number of aromatic nitrogens is 2. The molecule has 0 amide bonds. The summed E-state index contributed by atoms with van der Waals surface area (Å²) in [4.78, 5) is 11.9. The van der Waals surface area contributed by atoms with Crippen LogP contribution in [0.2, 0.25) is 5.15 Å². The molecule has 24 heavy (non-hydrogen) atoms. The van der Waals surface area contributed by atoms with E-state index in [1.807, 2.05) is 18.3 Å². The van der Waals surface area contributed by atoms with Gasteiger partial charge in [-0.2, -0.15) is 0 Å². The van der Waals surface area contributed by atoms with E-state index in [1.54, 1.807) is 0 Å². The zero-order valence-electron chi connectivity index (χ0n) is 14.2. The van der Waals surface area contributed by atoms with Crippen LogP contribution < -0.4 is 10.2 Å². The number of rotatable bonds is 1. The first kappa shape index (κ1) is 15.9. The Morgan fingerprint density at radius 3 is 2.83 bits per heavy atom. The van der Waals surface area contributed by atoms with Gasteiger partial charge in [-0.1, -0.05) is 23.3 Å². The van der Waals surface area contributed by atoms with Crippen molar-refractivity contribution in [3.8, 4) is 0 Å². The maximum absolute atomic E-state index is 6.22. The molecule has 0 aromatic carbocycles. The molecular formula is C19H23ClN4. The van der Waals surface area contributed by atoms with Crippen molar-refractivity contribution in [1.82, 2.24) is 15.3 Å². The van der Waals surface area contributed by atoms with E-state index in [1.165, 1.54) is 16.8 Å². The van der Waals surface area contributed by atoms with Gasteiger partial charge >= 0.3 is 0 Å². The lowest BCUT2D eigenvalue weighted by Crippen LogP contribution is -2.48. The van der Waals surface area contributed by atoms with Crippen molar-refractivity contribution in [1.29, 1.82) is 0 Å². The molecule has 1 saturated heterocycles. The van der Waals surface area contributed by atoms with E-state index in [9.17, 15) is 0 Å². The quantitative estimate of drug-likeness (QED) is 0.633. The van der Waals surface area contributed by atoms with Crippen LogP contribution in [0, 0.1) is 0 Å². The lowest BCUT2D eigenvalue weighted by Gasteiger charge is -2.41. The van der Waals surface area contributed by atoms with Crippen molar-refractivity contribution in [2.24, 2.45) is 0 Å². The lowest BCUT2D eigenvalue weighted by atomic mass is 9.99. The largest absolute Gasteiger partial charge is 0.360 e. The summed E-state index contributed by atoms with van der Waals surface area (Å²) in [5.74, 6) is 0. The Balaban J connectivity index is 1.94. The lowest BCUT2D eigenvalue weighted by molar-refractivity contribution is 0.417. The third-order valence-corrected chi connectivity index (χ3v) is 5.62. The fourth-order valence-electron chi connectivity index (χ4n) is 3.94. The molecule has 1 atom stereocenters. The predicted octanol–water partition coefficient (Wildman–Crippen LogP) is 3.73. The number of hydrogen-bond donors (Lipinski definition) is 1. The Hall–Kier alpha value is -1.65. The van der Waals surface area contributed by atoms with E-state index in [0.29, 0.717) is 17.2 Å². The van der Waals surface area contributed by atoms with E-state index >= 15 is 0 Å². The number of nitrogens with one attached hydrogen (secondary N) is 1. The van der Waals surface area contributed by atoms with Crippen LogP contribution in [0.1, 0.15) is 32.3 Å². The molecule has 4 rings (SSSR count). The molecule has 0 radical (unpaired) electrons. The Bertz CT molecular complexity index is 795. The van der Waals surface area contributed by atoms with Crippen LogP contribution in [0.4, 0.5) is 5.69 Å². The standard InChI is InChI=1S/C19H23ClN4/c1-12-3-4-14-11-22-16-5-6-17(20)23-18(16)19(14)24(13(12)2)15-7-9-21-10-8-15/h3,5-6,11,13,15,21H,4,7-10H2,1-2H3. The molecule has 4 heterocycles. The number of halogens is 1. The van der Waals surface area contributed by atoms with Gasteiger partial charge in [0, 0.05) is 18.3 Å². The molecule has 1 unspecified atom stereocenters. The Morgan fingerprint density at radius 1 is 1.25 bits per heavy atom. The highest BCUT2D eigenvalue weighted by atomic mass is 35.5. The first-order valence-corrected chi connectivity index (χ1v) is 9.13. The monoisotopic (exact) mass is 342 g/mol. The average molecular weight is 343 g/mol. The van der Waals surface area contributed by atoms with Crippen LogP contribution in [-0.2, 0) is 6.42 Å². The number of piperidine rings is 1. The molecule has 0 bridgehead atoms. The molecule has 5 heteroatoms. The molecule has 2 aromatic rings. The van der Waals surface area contributed by atoms with Gasteiger partial charge in [-0.3, -0.25) is 4.98 Å². The second kappa shape index (κ2) is 6.34. The van der Waals surface area contributed by atoms with Crippen molar-refractivity contribution >= 4 is 28.3 Å². The third kappa shape index (κ3) is 2.68. The number of fused-ring (bicyclic) bond motifs is 3. The van der Waals surface area contributed by atoms with Crippen LogP contribution in [0.15, 0.2) is 30.0 Å². The van der Waals surface area contributed by atoms with Crippen molar-refractivity contribution < 1.29 is 0 Å². The first-order chi connectivity index (χ1) is 11.6. The van der Waals surface area contributed by atoms with Crippen LogP contribution in [-0.4, -0.2) is 35.1 Å². The third-order valence-electron chi connectivity index (χ3n) is 5.41. The van der Waals surface area contributed by atoms with Gasteiger partial charge in [0.25, 0.3) is 0 Å². The zero-order valence-corrected chi connectivity index (χ0v) is 15.0. The molecule has 2 aliphatic heterocycles. The van der Waals surface area contributed by atoms with Crippen molar-refractivity contribution in [2.45, 2.75) is 45.2 Å². The summed E-state index contributed by atoms with van der Waals surface area (Å²) in [5.41, 5.74) is 5.76. The van der Waals surface area contributed by atoms with Crippen LogP contribution >= 0.6 is 11.6 Å². The maximum Gasteiger partial charge on any atom is 0.130 e. The topological polar surface area (TPSA) is 41.1 Å². The molecular weight excluding hydrogens is 320 g/mol. The predicted molar refractivity (Wildman–Crippen MR) is 99.8 cm³/mol. The summed E-state index contributed by atoms with van der Waals surface area (Å²) in [5, 5.41) is 4.01. The van der Waals surface area contributed by atoms with Crippen LogP contribution in [0.5, 0.6) is 0 Å². The summed E-state index contributed by atoms with van der Waals surface area (Å²) in [6.45, 7) is 6.69. The molecule has 1 N–H and O–H groups in total. The van der Waals surface area contributed by atoms with Crippen LogP contribution in [0.3, 0.4) is 0 Å². The van der Waals surface area contributed by atoms with Gasteiger partial charge in [0.05, 0.1) is 11.2 Å². The maximum atomic E-state index is 6.22. The number of allylic oxidation sites excluding steroid dienone is 1. The Kier molecular flexibility index (Phi) is 4.19. The number of pyridine rings is 2. The fraction of sp³-hybridized carbons (Fsp3) is 0.474. The Morgan fingerprint density at radius 2 is 2.04 bits per heavy atom. The minimum atomic E-state index is 0.362. The zero-order chi connectivity index (χ0) is 16.7. The number of nitrogens with zero attached hydrogens (tertiary/aromatic N) is 3. The van der Waals surface area contributed by atoms with Gasteiger partial charge in [-0.25, -0.2) is 4.98 Å². The fourth-order valence-corrected chi connectivity index (χ4v) is 4.09. The van der Waals surface area contributed by atoms with Gasteiger partial charge in [0.15, 0.2) is 0 Å². The summed E-state index contributed by atoms with van der Waals surface area (Å²) in [6, 6.07) is 4.68. The van der Waals surface area contributed by atoms with E-state index in [0.717, 1.165) is 43.4 Å². The summed E-state index contributed by atoms with van der Waals surface area (Å²) in [6.07, 6.45) is 7.57. The van der Waals surface area contributed by atoms with Gasteiger partial charge in [0.1, 0.15) is 10.7 Å². The second-order valence-electron chi connectivity index (χ2n) is 6.85. The summed E-state index contributed by atoms with van der Waals surface area (Å²) >= 11 is 6.22. The SMILES string of the molecule is CC1=CCc2cnc3ccc(Cl)nc3c2N(C2CCNCC2)C1C. The van der Waals surface area contributed by atoms with E-state index in [4.69, 9.17) is 11.6 Å². The average Bonchev–Trinajstić information content (AvgIpc) is 2.73. The van der Waals surface area contributed by atoms with Crippen molar-refractivity contribution in [3.05, 3.63) is 40.7 Å². The van der Waals surface area contributed by atoms with Crippen LogP contribution in [0.25, 0.3) is 11.0 Å². The highest BCUT2D eigenvalue weighted by molar-refractivity contribution is 6.29. The minimum absolute atomic E-state index is 0.362. The minimum Gasteiger partial charge on any atom is -0.360 e. The highest BCUT2D eigenvalue weighted by Gasteiger charge is 2.31. The second-order valence-corrected chi connectivity index (χ2v) is 7.24. The molecule has 1 fully saturated rings. The smallest absolute Gasteiger partial charge is 0.130 e. The van der Waals surface area contributed by atoms with Crippen molar-refractivity contribution in [2.75, 3.05) is 18.0 Å². The molecule has 2 aromatic heterocycles. The van der Waals surface area contributed by atoms with E-state index < -0.39 is 0 Å². The number of anilines is 1. The number of hydrogen-bond acceptors (Lipinski definition) is 4.